The minimum Gasteiger partial charge on any atom is -0.491 e. The van der Waals surface area contributed by atoms with E-state index < -0.39 is 5.97 Å². The van der Waals surface area contributed by atoms with E-state index in [0.29, 0.717) is 42.7 Å². The molecule has 2 N–H and O–H groups in total. The minimum atomic E-state index is -0.843. The number of benzene rings is 1. The maximum Gasteiger partial charge on any atom is 0.303 e. The quantitative estimate of drug-likeness (QED) is 0.643. The second-order valence-corrected chi connectivity index (χ2v) is 6.85. The van der Waals surface area contributed by atoms with Gasteiger partial charge in [-0.15, -0.1) is 0 Å². The number of pyridine rings is 1. The fraction of sp³-hybridized carbons (Fsp3) is 0.333. The third kappa shape index (κ3) is 4.05. The lowest BCUT2D eigenvalue weighted by Crippen LogP contribution is -2.45. The second kappa shape index (κ2) is 8.81. The largest absolute Gasteiger partial charge is 0.491 e. The Hall–Kier alpha value is -3.62. The molecule has 9 nitrogen and oxygen atoms in total. The molecule has 0 spiro atoms. The Bertz CT molecular complexity index is 990. The molecule has 3 heterocycles. The van der Waals surface area contributed by atoms with Crippen molar-refractivity contribution in [3.63, 3.8) is 0 Å². The van der Waals surface area contributed by atoms with E-state index >= 15 is 0 Å². The Balaban J connectivity index is 1.60. The van der Waals surface area contributed by atoms with Crippen LogP contribution in [0.4, 0.5) is 5.69 Å². The summed E-state index contributed by atoms with van der Waals surface area (Å²) in [6, 6.07) is 7.64. The first-order valence-corrected chi connectivity index (χ1v) is 9.77. The first-order valence-electron chi connectivity index (χ1n) is 9.77. The number of aliphatic imine (C=N–C) groups is 2. The molecule has 2 aliphatic rings. The van der Waals surface area contributed by atoms with Gasteiger partial charge in [-0.1, -0.05) is 6.07 Å². The maximum atomic E-state index is 10.7. The van der Waals surface area contributed by atoms with E-state index in [1.807, 2.05) is 30.5 Å². The molecule has 0 saturated carbocycles. The summed E-state index contributed by atoms with van der Waals surface area (Å²) in [5, 5.41) is 12.2. The molecule has 0 unspecified atom stereocenters. The zero-order valence-corrected chi connectivity index (χ0v) is 16.7. The standard InChI is InChI=1S/C21H23N5O4/c1-29-19-16(30-11-3-5-17(27)28)7-6-15-18(19)25-21(26-10-9-23-20(15)26)24-13-14-4-2-8-22-12-14/h2,4,6-8,12H,3,5,9-11,13H2,1H3,(H,24,25)(H,27,28). The van der Waals surface area contributed by atoms with Crippen molar-refractivity contribution in [3.8, 4) is 11.5 Å². The third-order valence-electron chi connectivity index (χ3n) is 4.82. The van der Waals surface area contributed by atoms with Crippen LogP contribution in [-0.2, 0) is 11.3 Å². The van der Waals surface area contributed by atoms with Crippen molar-refractivity contribution >= 4 is 23.5 Å². The number of hydrogen-bond donors (Lipinski definition) is 2. The lowest BCUT2D eigenvalue weighted by atomic mass is 10.1. The number of carboxylic acids is 1. The van der Waals surface area contributed by atoms with Crippen LogP contribution >= 0.6 is 0 Å². The molecule has 156 valence electrons. The van der Waals surface area contributed by atoms with Crippen LogP contribution in [0.25, 0.3) is 0 Å². The molecule has 30 heavy (non-hydrogen) atoms. The molecular weight excluding hydrogens is 386 g/mol. The summed E-state index contributed by atoms with van der Waals surface area (Å²) >= 11 is 0. The lowest BCUT2D eigenvalue weighted by molar-refractivity contribution is -0.137. The molecule has 0 fully saturated rings. The van der Waals surface area contributed by atoms with Crippen LogP contribution in [0.1, 0.15) is 24.0 Å². The number of nitrogens with one attached hydrogen (secondary N) is 1. The van der Waals surface area contributed by atoms with Crippen molar-refractivity contribution in [2.24, 2.45) is 9.98 Å². The van der Waals surface area contributed by atoms with Gasteiger partial charge in [-0.25, -0.2) is 4.99 Å². The molecule has 0 bridgehead atoms. The van der Waals surface area contributed by atoms with Gasteiger partial charge in [0.1, 0.15) is 11.5 Å². The number of carboxylic acid groups (broad SMARTS) is 1. The van der Waals surface area contributed by atoms with E-state index in [1.165, 1.54) is 0 Å². The van der Waals surface area contributed by atoms with E-state index in [2.05, 4.69) is 20.2 Å². The van der Waals surface area contributed by atoms with E-state index in [0.717, 1.165) is 23.5 Å². The van der Waals surface area contributed by atoms with Crippen LogP contribution in [0, 0.1) is 0 Å². The number of carbonyl (C=O) groups is 1. The molecule has 2 aliphatic heterocycles. The second-order valence-electron chi connectivity index (χ2n) is 6.85. The fourth-order valence-electron chi connectivity index (χ4n) is 3.43. The first kappa shape index (κ1) is 19.7. The molecule has 4 rings (SSSR count). The average Bonchev–Trinajstić information content (AvgIpc) is 3.25. The number of aliphatic carboxylic acids is 1. The number of fused-ring (bicyclic) bond motifs is 3. The summed E-state index contributed by atoms with van der Waals surface area (Å²) in [5.74, 6) is 1.75. The maximum absolute atomic E-state index is 10.7. The predicted molar refractivity (Wildman–Crippen MR) is 112 cm³/mol. The summed E-state index contributed by atoms with van der Waals surface area (Å²) in [7, 11) is 1.57. The lowest BCUT2D eigenvalue weighted by Gasteiger charge is -2.29. The number of hydrogen-bond acceptors (Lipinski definition) is 8. The van der Waals surface area contributed by atoms with Gasteiger partial charge < -0.3 is 19.9 Å². The van der Waals surface area contributed by atoms with E-state index in [-0.39, 0.29) is 13.0 Å². The highest BCUT2D eigenvalue weighted by molar-refractivity contribution is 6.16. The molecule has 1 aromatic carbocycles. The Morgan fingerprint density at radius 2 is 2.23 bits per heavy atom. The molecule has 2 aromatic rings. The Labute approximate surface area is 174 Å². The van der Waals surface area contributed by atoms with Gasteiger partial charge in [-0.05, 0) is 30.2 Å². The predicted octanol–water partition coefficient (Wildman–Crippen LogP) is 2.19. The topological polar surface area (TPSA) is 109 Å². The summed E-state index contributed by atoms with van der Waals surface area (Å²) in [6.07, 6.45) is 4.02. The highest BCUT2D eigenvalue weighted by Crippen LogP contribution is 2.43. The van der Waals surface area contributed by atoms with Crippen molar-refractivity contribution in [1.29, 1.82) is 0 Å². The van der Waals surface area contributed by atoms with Gasteiger partial charge in [-0.2, -0.15) is 0 Å². The van der Waals surface area contributed by atoms with Crippen molar-refractivity contribution < 1.29 is 19.4 Å². The SMILES string of the molecule is COc1c(OCCCC(=O)O)ccc2c1N=C(NCc1cccnc1)N1CCN=C21. The van der Waals surface area contributed by atoms with Gasteiger partial charge >= 0.3 is 5.97 Å². The van der Waals surface area contributed by atoms with Gasteiger partial charge in [0.15, 0.2) is 11.5 Å². The molecular formula is C21H23N5O4. The van der Waals surface area contributed by atoms with Crippen LogP contribution in [-0.4, -0.2) is 59.6 Å². The fourth-order valence-corrected chi connectivity index (χ4v) is 3.43. The molecule has 0 amide bonds. The highest BCUT2D eigenvalue weighted by Gasteiger charge is 2.32. The van der Waals surface area contributed by atoms with E-state index in [9.17, 15) is 4.79 Å². The molecule has 0 atom stereocenters. The first-order chi connectivity index (χ1) is 14.7. The number of guanidine groups is 1. The summed E-state index contributed by atoms with van der Waals surface area (Å²) in [6.45, 7) is 2.31. The van der Waals surface area contributed by atoms with Crippen LogP contribution in [0.15, 0.2) is 46.6 Å². The molecule has 0 radical (unpaired) electrons. The number of aromatic nitrogens is 1. The van der Waals surface area contributed by atoms with Crippen molar-refractivity contribution in [1.82, 2.24) is 15.2 Å². The zero-order chi connectivity index (χ0) is 20.9. The monoisotopic (exact) mass is 409 g/mol. The van der Waals surface area contributed by atoms with Gasteiger partial charge in [0.2, 0.25) is 5.96 Å². The van der Waals surface area contributed by atoms with Gasteiger partial charge in [-0.3, -0.25) is 19.7 Å². The van der Waals surface area contributed by atoms with Crippen molar-refractivity contribution in [3.05, 3.63) is 47.8 Å². The summed E-state index contributed by atoms with van der Waals surface area (Å²) < 4.78 is 11.4. The number of amidine groups is 1. The highest BCUT2D eigenvalue weighted by atomic mass is 16.5. The Morgan fingerprint density at radius 3 is 3.00 bits per heavy atom. The molecule has 1 aromatic heterocycles. The number of ether oxygens (including phenoxy) is 2. The summed E-state index contributed by atoms with van der Waals surface area (Å²) in [5.41, 5.74) is 2.58. The smallest absolute Gasteiger partial charge is 0.303 e. The van der Waals surface area contributed by atoms with Crippen LogP contribution in [0.5, 0.6) is 11.5 Å². The van der Waals surface area contributed by atoms with Crippen molar-refractivity contribution in [2.45, 2.75) is 19.4 Å². The molecule has 9 heteroatoms. The van der Waals surface area contributed by atoms with Crippen molar-refractivity contribution in [2.75, 3.05) is 26.8 Å². The molecule has 0 saturated heterocycles. The Kier molecular flexibility index (Phi) is 5.78. The van der Waals surface area contributed by atoms with Gasteiger partial charge in [0.25, 0.3) is 0 Å². The summed E-state index contributed by atoms with van der Waals surface area (Å²) in [4.78, 5) is 26.4. The van der Waals surface area contributed by atoms with Crippen LogP contribution < -0.4 is 14.8 Å². The number of methoxy groups -OCH3 is 1. The van der Waals surface area contributed by atoms with E-state index in [4.69, 9.17) is 19.6 Å². The van der Waals surface area contributed by atoms with Crippen LogP contribution in [0.3, 0.4) is 0 Å². The Morgan fingerprint density at radius 1 is 1.33 bits per heavy atom. The van der Waals surface area contributed by atoms with E-state index in [1.54, 1.807) is 13.3 Å². The third-order valence-corrected chi connectivity index (χ3v) is 4.82. The van der Waals surface area contributed by atoms with Gasteiger partial charge in [0, 0.05) is 37.5 Å². The zero-order valence-electron chi connectivity index (χ0n) is 16.7. The normalized spacial score (nSPS) is 14.4. The average molecular weight is 409 g/mol. The molecule has 0 aliphatic carbocycles. The minimum absolute atomic E-state index is 0.0551. The van der Waals surface area contributed by atoms with Gasteiger partial charge in [0.05, 0.1) is 20.3 Å². The number of rotatable bonds is 8. The van der Waals surface area contributed by atoms with Crippen LogP contribution in [0.2, 0.25) is 0 Å². The number of nitrogens with zero attached hydrogens (tertiary/aromatic N) is 4.